The number of rotatable bonds is 5. The van der Waals surface area contributed by atoms with Crippen LogP contribution in [0.4, 0.5) is 11.8 Å². The third-order valence-electron chi connectivity index (χ3n) is 5.56. The Labute approximate surface area is 175 Å². The first-order valence-electron chi connectivity index (χ1n) is 10.4. The lowest BCUT2D eigenvalue weighted by Gasteiger charge is -2.29. The number of fused-ring (bicyclic) bond motifs is 2. The molecule has 1 aromatic carbocycles. The molecular formula is C23H25N7. The van der Waals surface area contributed by atoms with Crippen molar-refractivity contribution in [3.63, 3.8) is 0 Å². The summed E-state index contributed by atoms with van der Waals surface area (Å²) in [5, 5.41) is 3.46. The highest BCUT2D eigenvalue weighted by atomic mass is 15.3. The Balaban J connectivity index is 1.52. The molecule has 0 saturated heterocycles. The van der Waals surface area contributed by atoms with E-state index in [4.69, 9.17) is 9.97 Å². The highest BCUT2D eigenvalue weighted by molar-refractivity contribution is 5.84. The lowest BCUT2D eigenvalue weighted by Crippen LogP contribution is -2.32. The fourth-order valence-electron chi connectivity index (χ4n) is 3.90. The molecule has 30 heavy (non-hydrogen) atoms. The van der Waals surface area contributed by atoms with Crippen LogP contribution < -0.4 is 10.2 Å². The Morgan fingerprint density at radius 1 is 1.07 bits per heavy atom. The Morgan fingerprint density at radius 2 is 1.93 bits per heavy atom. The smallest absolute Gasteiger partial charge is 0.229 e. The fourth-order valence-corrected chi connectivity index (χ4v) is 3.90. The van der Waals surface area contributed by atoms with Crippen molar-refractivity contribution in [3.8, 4) is 0 Å². The predicted octanol–water partition coefficient (Wildman–Crippen LogP) is 3.98. The number of nitrogens with one attached hydrogen (secondary N) is 1. The number of hydrogen-bond donors (Lipinski definition) is 1. The van der Waals surface area contributed by atoms with Gasteiger partial charge in [0.05, 0.1) is 6.33 Å². The quantitative estimate of drug-likeness (QED) is 0.547. The highest BCUT2D eigenvalue weighted by Crippen LogP contribution is 2.28. The number of nitrogens with zero attached hydrogens (tertiary/aromatic N) is 6. The molecule has 0 unspecified atom stereocenters. The molecule has 5 rings (SSSR count). The molecule has 4 heterocycles. The first-order chi connectivity index (χ1) is 14.7. The van der Waals surface area contributed by atoms with E-state index >= 15 is 0 Å². The third kappa shape index (κ3) is 3.47. The van der Waals surface area contributed by atoms with Gasteiger partial charge in [-0.05, 0) is 43.0 Å². The molecule has 7 nitrogen and oxygen atoms in total. The van der Waals surface area contributed by atoms with Crippen LogP contribution in [0.1, 0.15) is 36.6 Å². The Bertz CT molecular complexity index is 1170. The third-order valence-corrected chi connectivity index (χ3v) is 5.56. The van der Waals surface area contributed by atoms with E-state index in [1.165, 1.54) is 11.1 Å². The van der Waals surface area contributed by atoms with Crippen molar-refractivity contribution in [2.24, 2.45) is 0 Å². The summed E-state index contributed by atoms with van der Waals surface area (Å²) in [4.78, 5) is 20.9. The van der Waals surface area contributed by atoms with Gasteiger partial charge in [0.15, 0.2) is 17.0 Å². The summed E-state index contributed by atoms with van der Waals surface area (Å²) in [7, 11) is 0. The Hall–Kier alpha value is -3.48. The topological polar surface area (TPSA) is 71.8 Å². The summed E-state index contributed by atoms with van der Waals surface area (Å²) in [6, 6.07) is 12.9. The van der Waals surface area contributed by atoms with Gasteiger partial charge in [-0.2, -0.15) is 9.97 Å². The molecule has 4 aromatic rings. The number of anilines is 2. The van der Waals surface area contributed by atoms with Gasteiger partial charge in [0.25, 0.3) is 0 Å². The molecule has 152 valence electrons. The molecule has 0 aliphatic carbocycles. The SMILES string of the molecule is CC(C)n1cnc2c(NCc3cccnc3)nc(N3CCc4ccccc4C3)nc21. The Morgan fingerprint density at radius 3 is 2.73 bits per heavy atom. The first-order valence-corrected chi connectivity index (χ1v) is 10.4. The van der Waals surface area contributed by atoms with Crippen LogP contribution in [0.15, 0.2) is 55.1 Å². The van der Waals surface area contributed by atoms with Gasteiger partial charge in [-0.1, -0.05) is 30.3 Å². The van der Waals surface area contributed by atoms with Gasteiger partial charge >= 0.3 is 0 Å². The molecule has 0 saturated carbocycles. The van der Waals surface area contributed by atoms with Crippen molar-refractivity contribution < 1.29 is 0 Å². The maximum atomic E-state index is 4.93. The van der Waals surface area contributed by atoms with Crippen molar-refractivity contribution >= 4 is 22.9 Å². The second-order valence-electron chi connectivity index (χ2n) is 7.95. The highest BCUT2D eigenvalue weighted by Gasteiger charge is 2.22. The minimum atomic E-state index is 0.269. The molecule has 1 aliphatic rings. The normalized spacial score (nSPS) is 13.6. The number of hydrogen-bond acceptors (Lipinski definition) is 6. The monoisotopic (exact) mass is 399 g/mol. The van der Waals surface area contributed by atoms with Crippen molar-refractivity contribution in [2.75, 3.05) is 16.8 Å². The van der Waals surface area contributed by atoms with Gasteiger partial charge in [0, 0.05) is 38.1 Å². The van der Waals surface area contributed by atoms with Gasteiger partial charge in [0.1, 0.15) is 0 Å². The van der Waals surface area contributed by atoms with E-state index in [0.29, 0.717) is 6.54 Å². The van der Waals surface area contributed by atoms with E-state index in [1.807, 2.05) is 24.7 Å². The number of aromatic nitrogens is 5. The fraction of sp³-hybridized carbons (Fsp3) is 0.304. The van der Waals surface area contributed by atoms with E-state index in [9.17, 15) is 0 Å². The van der Waals surface area contributed by atoms with Crippen LogP contribution >= 0.6 is 0 Å². The zero-order valence-electron chi connectivity index (χ0n) is 17.3. The molecule has 0 amide bonds. The zero-order valence-corrected chi connectivity index (χ0v) is 17.3. The van der Waals surface area contributed by atoms with E-state index in [0.717, 1.165) is 48.0 Å². The van der Waals surface area contributed by atoms with Gasteiger partial charge in [-0.15, -0.1) is 0 Å². The molecule has 0 spiro atoms. The Kier molecular flexibility index (Phi) is 4.78. The van der Waals surface area contributed by atoms with Crippen LogP contribution in [0.25, 0.3) is 11.2 Å². The molecule has 1 aliphatic heterocycles. The maximum absolute atomic E-state index is 4.93. The lowest BCUT2D eigenvalue weighted by molar-refractivity contribution is 0.611. The maximum Gasteiger partial charge on any atom is 0.229 e. The molecule has 1 N–H and O–H groups in total. The second kappa shape index (κ2) is 7.74. The van der Waals surface area contributed by atoms with Crippen molar-refractivity contribution in [3.05, 3.63) is 71.8 Å². The number of benzene rings is 1. The molecule has 0 radical (unpaired) electrons. The second-order valence-corrected chi connectivity index (χ2v) is 7.95. The van der Waals surface area contributed by atoms with Crippen LogP contribution in [-0.4, -0.2) is 31.0 Å². The summed E-state index contributed by atoms with van der Waals surface area (Å²) in [5.74, 6) is 1.50. The average molecular weight is 400 g/mol. The molecule has 3 aromatic heterocycles. The largest absolute Gasteiger partial charge is 0.364 e. The van der Waals surface area contributed by atoms with Crippen LogP contribution in [0.5, 0.6) is 0 Å². The number of pyridine rings is 1. The summed E-state index contributed by atoms with van der Waals surface area (Å²) < 4.78 is 2.10. The van der Waals surface area contributed by atoms with Crippen molar-refractivity contribution in [1.29, 1.82) is 0 Å². The summed E-state index contributed by atoms with van der Waals surface area (Å²) in [6.45, 7) is 6.64. The molecule has 0 atom stereocenters. The van der Waals surface area contributed by atoms with Crippen LogP contribution in [0.2, 0.25) is 0 Å². The minimum absolute atomic E-state index is 0.269. The zero-order chi connectivity index (χ0) is 20.5. The summed E-state index contributed by atoms with van der Waals surface area (Å²) in [6.07, 6.45) is 6.50. The van der Waals surface area contributed by atoms with E-state index < -0.39 is 0 Å². The van der Waals surface area contributed by atoms with E-state index in [-0.39, 0.29) is 6.04 Å². The molecule has 0 fully saturated rings. The van der Waals surface area contributed by atoms with Crippen LogP contribution in [0.3, 0.4) is 0 Å². The van der Waals surface area contributed by atoms with Crippen molar-refractivity contribution in [2.45, 2.75) is 39.4 Å². The van der Waals surface area contributed by atoms with E-state index in [1.54, 1.807) is 6.20 Å². The molecular weight excluding hydrogens is 374 g/mol. The van der Waals surface area contributed by atoms with E-state index in [2.05, 4.69) is 62.9 Å². The van der Waals surface area contributed by atoms with Gasteiger partial charge in [-0.3, -0.25) is 4.98 Å². The minimum Gasteiger partial charge on any atom is -0.364 e. The first kappa shape index (κ1) is 18.5. The van der Waals surface area contributed by atoms with Gasteiger partial charge < -0.3 is 14.8 Å². The standard InChI is InChI=1S/C23H25N7/c1-16(2)30-15-26-20-21(25-13-17-6-5-10-24-12-17)27-23(28-22(20)30)29-11-9-18-7-3-4-8-19(18)14-29/h3-8,10,12,15-16H,9,11,13-14H2,1-2H3,(H,25,27,28). The molecule has 0 bridgehead atoms. The van der Waals surface area contributed by atoms with Crippen LogP contribution in [-0.2, 0) is 19.5 Å². The predicted molar refractivity (Wildman–Crippen MR) is 118 cm³/mol. The summed E-state index contributed by atoms with van der Waals surface area (Å²) >= 11 is 0. The molecule has 7 heteroatoms. The van der Waals surface area contributed by atoms with Crippen molar-refractivity contribution in [1.82, 2.24) is 24.5 Å². The van der Waals surface area contributed by atoms with Crippen LogP contribution in [0, 0.1) is 0 Å². The van der Waals surface area contributed by atoms with Gasteiger partial charge in [-0.25, -0.2) is 4.98 Å². The van der Waals surface area contributed by atoms with Gasteiger partial charge in [0.2, 0.25) is 5.95 Å². The summed E-state index contributed by atoms with van der Waals surface area (Å²) in [5.41, 5.74) is 5.52. The lowest BCUT2D eigenvalue weighted by atomic mass is 10.0. The average Bonchev–Trinajstić information content (AvgIpc) is 3.22. The number of imidazole rings is 1.